The van der Waals surface area contributed by atoms with Gasteiger partial charge in [0.2, 0.25) is 0 Å². The van der Waals surface area contributed by atoms with Crippen molar-refractivity contribution < 1.29 is 4.74 Å². The van der Waals surface area contributed by atoms with Crippen molar-refractivity contribution in [1.82, 2.24) is 0 Å². The van der Waals surface area contributed by atoms with Crippen molar-refractivity contribution in [3.8, 4) is 5.75 Å². The first kappa shape index (κ1) is 12.9. The van der Waals surface area contributed by atoms with E-state index in [-0.39, 0.29) is 0 Å². The van der Waals surface area contributed by atoms with Crippen molar-refractivity contribution in [2.75, 3.05) is 0 Å². The molecule has 0 aromatic heterocycles. The summed E-state index contributed by atoms with van der Waals surface area (Å²) in [5.41, 5.74) is 1.41. The van der Waals surface area contributed by atoms with E-state index in [1.54, 1.807) is 0 Å². The third-order valence-electron chi connectivity index (χ3n) is 3.10. The topological polar surface area (TPSA) is 9.23 Å². The van der Waals surface area contributed by atoms with Crippen molar-refractivity contribution >= 4 is 15.9 Å². The number of hydrogen-bond donors (Lipinski definition) is 0. The first-order valence-electron chi connectivity index (χ1n) is 6.67. The predicted molar refractivity (Wildman–Crippen MR) is 76.0 cm³/mol. The van der Waals surface area contributed by atoms with Crippen LogP contribution in [0.3, 0.4) is 0 Å². The summed E-state index contributed by atoms with van der Waals surface area (Å²) in [4.78, 5) is 0.662. The van der Waals surface area contributed by atoms with Gasteiger partial charge in [-0.1, -0.05) is 41.4 Å². The van der Waals surface area contributed by atoms with Gasteiger partial charge in [0, 0.05) is 4.83 Å². The second kappa shape index (κ2) is 6.44. The van der Waals surface area contributed by atoms with E-state index in [1.165, 1.54) is 37.7 Å². The highest BCUT2D eigenvalue weighted by atomic mass is 79.9. The summed E-state index contributed by atoms with van der Waals surface area (Å²) in [6.07, 6.45) is 7.84. The molecule has 1 fully saturated rings. The zero-order valence-electron chi connectivity index (χ0n) is 10.5. The van der Waals surface area contributed by atoms with E-state index in [4.69, 9.17) is 4.74 Å². The predicted octanol–water partition coefficient (Wildman–Crippen LogP) is 4.72. The highest BCUT2D eigenvalue weighted by Crippen LogP contribution is 2.27. The molecule has 0 heterocycles. The summed E-state index contributed by atoms with van der Waals surface area (Å²) < 4.78 is 5.74. The Bertz CT molecular complexity index is 329. The average Bonchev–Trinajstić information content (AvgIpc) is 3.13. The van der Waals surface area contributed by atoms with Gasteiger partial charge in [-0.05, 0) is 49.8 Å². The van der Waals surface area contributed by atoms with Crippen LogP contribution in [0.2, 0.25) is 0 Å². The Morgan fingerprint density at radius 2 is 1.94 bits per heavy atom. The molecule has 1 aliphatic carbocycles. The van der Waals surface area contributed by atoms with Gasteiger partial charge in [-0.15, -0.1) is 0 Å². The van der Waals surface area contributed by atoms with Gasteiger partial charge in [0.05, 0.1) is 6.10 Å². The third-order valence-corrected chi connectivity index (χ3v) is 4.01. The molecule has 0 bridgehead atoms. The number of benzene rings is 1. The molecule has 94 valence electrons. The van der Waals surface area contributed by atoms with Gasteiger partial charge in [-0.2, -0.15) is 0 Å². The van der Waals surface area contributed by atoms with Crippen molar-refractivity contribution in [2.24, 2.45) is 0 Å². The first-order chi connectivity index (χ1) is 8.28. The Labute approximate surface area is 113 Å². The van der Waals surface area contributed by atoms with E-state index >= 15 is 0 Å². The van der Waals surface area contributed by atoms with E-state index in [0.717, 1.165) is 12.2 Å². The highest BCUT2D eigenvalue weighted by Gasteiger charge is 2.23. The Balaban J connectivity index is 1.76. The van der Waals surface area contributed by atoms with Crippen LogP contribution < -0.4 is 4.74 Å². The van der Waals surface area contributed by atoms with E-state index in [1.807, 2.05) is 0 Å². The zero-order valence-corrected chi connectivity index (χ0v) is 12.1. The molecular weight excluding hydrogens is 276 g/mol. The lowest BCUT2D eigenvalue weighted by atomic mass is 10.1. The molecule has 1 aromatic carbocycles. The fourth-order valence-electron chi connectivity index (χ4n) is 1.89. The fourth-order valence-corrected chi connectivity index (χ4v) is 2.58. The maximum Gasteiger partial charge on any atom is 0.119 e. The van der Waals surface area contributed by atoms with Crippen LogP contribution in [-0.4, -0.2) is 10.9 Å². The number of rotatable bonds is 7. The van der Waals surface area contributed by atoms with Crippen LogP contribution >= 0.6 is 15.9 Å². The van der Waals surface area contributed by atoms with Gasteiger partial charge in [0.25, 0.3) is 0 Å². The lowest BCUT2D eigenvalue weighted by Crippen LogP contribution is -2.00. The summed E-state index contributed by atoms with van der Waals surface area (Å²) in [6, 6.07) is 8.61. The van der Waals surface area contributed by atoms with Crippen molar-refractivity contribution in [2.45, 2.75) is 56.4 Å². The maximum atomic E-state index is 5.74. The molecule has 1 aromatic rings. The Kier molecular flexibility index (Phi) is 4.90. The normalized spacial score (nSPS) is 16.8. The van der Waals surface area contributed by atoms with E-state index in [0.29, 0.717) is 10.9 Å². The van der Waals surface area contributed by atoms with Crippen LogP contribution in [0.25, 0.3) is 0 Å². The Hall–Kier alpha value is -0.500. The molecule has 1 saturated carbocycles. The zero-order chi connectivity index (χ0) is 12.1. The molecule has 0 aliphatic heterocycles. The Morgan fingerprint density at radius 1 is 1.24 bits per heavy atom. The molecular formula is C15H21BrO. The van der Waals surface area contributed by atoms with E-state index < -0.39 is 0 Å². The van der Waals surface area contributed by atoms with E-state index in [9.17, 15) is 0 Å². The Morgan fingerprint density at radius 3 is 2.53 bits per heavy atom. The lowest BCUT2D eigenvalue weighted by Gasteiger charge is -2.09. The van der Waals surface area contributed by atoms with Gasteiger partial charge in [-0.3, -0.25) is 0 Å². The molecule has 0 spiro atoms. The van der Waals surface area contributed by atoms with Crippen LogP contribution in [-0.2, 0) is 6.42 Å². The molecule has 1 unspecified atom stereocenters. The molecule has 2 heteroatoms. The quantitative estimate of drug-likeness (QED) is 0.661. The largest absolute Gasteiger partial charge is 0.490 e. The number of alkyl halides is 1. The fraction of sp³-hybridized carbons (Fsp3) is 0.600. The minimum Gasteiger partial charge on any atom is -0.490 e. The van der Waals surface area contributed by atoms with Crippen LogP contribution in [0.4, 0.5) is 0 Å². The molecule has 2 rings (SSSR count). The van der Waals surface area contributed by atoms with Gasteiger partial charge >= 0.3 is 0 Å². The van der Waals surface area contributed by atoms with Gasteiger partial charge in [-0.25, -0.2) is 0 Å². The molecule has 1 atom stereocenters. The number of ether oxygens (including phenoxy) is 1. The smallest absolute Gasteiger partial charge is 0.119 e. The van der Waals surface area contributed by atoms with Gasteiger partial charge in [0.15, 0.2) is 0 Å². The third kappa shape index (κ3) is 4.71. The van der Waals surface area contributed by atoms with Crippen LogP contribution in [0.1, 0.15) is 44.6 Å². The monoisotopic (exact) mass is 296 g/mol. The average molecular weight is 297 g/mol. The number of halogens is 1. The molecule has 0 radical (unpaired) electrons. The molecule has 0 amide bonds. The summed E-state index contributed by atoms with van der Waals surface area (Å²) in [7, 11) is 0. The summed E-state index contributed by atoms with van der Waals surface area (Å²) in [5, 5.41) is 0. The highest BCUT2D eigenvalue weighted by molar-refractivity contribution is 9.09. The lowest BCUT2D eigenvalue weighted by molar-refractivity contribution is 0.303. The molecule has 1 nitrogen and oxygen atoms in total. The maximum absolute atomic E-state index is 5.74. The number of aryl methyl sites for hydroxylation is 1. The van der Waals surface area contributed by atoms with Crippen LogP contribution in [0, 0.1) is 0 Å². The van der Waals surface area contributed by atoms with Crippen molar-refractivity contribution in [3.63, 3.8) is 0 Å². The van der Waals surface area contributed by atoms with E-state index in [2.05, 4.69) is 47.1 Å². The van der Waals surface area contributed by atoms with Crippen molar-refractivity contribution in [3.05, 3.63) is 29.8 Å². The van der Waals surface area contributed by atoms with Gasteiger partial charge < -0.3 is 4.74 Å². The second-order valence-corrected chi connectivity index (χ2v) is 6.18. The standard InChI is InChI=1S/C15H21BrO/c1-2-3-13(16)7-4-12-5-8-14(9-6-12)17-15-10-11-15/h5-6,8-9,13,15H,2-4,7,10-11H2,1H3. The summed E-state index contributed by atoms with van der Waals surface area (Å²) in [5.74, 6) is 1.03. The van der Waals surface area contributed by atoms with Gasteiger partial charge in [0.1, 0.15) is 5.75 Å². The summed E-state index contributed by atoms with van der Waals surface area (Å²) in [6.45, 7) is 2.23. The molecule has 1 aliphatic rings. The van der Waals surface area contributed by atoms with Crippen LogP contribution in [0.5, 0.6) is 5.75 Å². The minimum absolute atomic E-state index is 0.498. The second-order valence-electron chi connectivity index (χ2n) is 4.89. The molecule has 17 heavy (non-hydrogen) atoms. The SMILES string of the molecule is CCCC(Br)CCc1ccc(OC2CC2)cc1. The minimum atomic E-state index is 0.498. The molecule has 0 N–H and O–H groups in total. The molecule has 0 saturated heterocycles. The van der Waals surface area contributed by atoms with Crippen LogP contribution in [0.15, 0.2) is 24.3 Å². The first-order valence-corrected chi connectivity index (χ1v) is 7.59. The number of hydrogen-bond acceptors (Lipinski definition) is 1. The van der Waals surface area contributed by atoms with Crippen molar-refractivity contribution in [1.29, 1.82) is 0 Å². The summed E-state index contributed by atoms with van der Waals surface area (Å²) >= 11 is 3.73.